The van der Waals surface area contributed by atoms with Crippen molar-refractivity contribution in [1.29, 1.82) is 0 Å². The number of halogens is 2. The second-order valence-electron chi connectivity index (χ2n) is 2.87. The summed E-state index contributed by atoms with van der Waals surface area (Å²) in [4.78, 5) is 10.8. The maximum atomic E-state index is 10.8. The number of primary amides is 1. The molecule has 5 heteroatoms. The maximum absolute atomic E-state index is 10.8. The Morgan fingerprint density at radius 2 is 2.14 bits per heavy atom. The van der Waals surface area contributed by atoms with E-state index in [9.17, 15) is 4.79 Å². The van der Waals surface area contributed by atoms with E-state index in [0.717, 1.165) is 0 Å². The minimum Gasteiger partial charge on any atom is -0.373 e. The van der Waals surface area contributed by atoms with Crippen LogP contribution in [-0.2, 0) is 4.79 Å². The second kappa shape index (κ2) is 4.53. The molecule has 1 aromatic rings. The van der Waals surface area contributed by atoms with Crippen molar-refractivity contribution in [2.75, 3.05) is 5.32 Å². The van der Waals surface area contributed by atoms with Crippen LogP contribution in [0.25, 0.3) is 0 Å². The lowest BCUT2D eigenvalue weighted by molar-refractivity contribution is -0.118. The summed E-state index contributed by atoms with van der Waals surface area (Å²) in [7, 11) is 0. The van der Waals surface area contributed by atoms with Gasteiger partial charge in [-0.15, -0.1) is 0 Å². The zero-order valence-electron chi connectivity index (χ0n) is 7.55. The van der Waals surface area contributed by atoms with Crippen LogP contribution in [-0.4, -0.2) is 11.9 Å². The van der Waals surface area contributed by atoms with Gasteiger partial charge in [0, 0.05) is 0 Å². The molecule has 1 amide bonds. The first-order chi connectivity index (χ1) is 6.52. The Hall–Kier alpha value is -0.930. The van der Waals surface area contributed by atoms with E-state index in [0.29, 0.717) is 15.7 Å². The summed E-state index contributed by atoms with van der Waals surface area (Å²) >= 11 is 11.7. The lowest BCUT2D eigenvalue weighted by Gasteiger charge is -2.13. The molecule has 0 heterocycles. The van der Waals surface area contributed by atoms with Crippen LogP contribution < -0.4 is 11.1 Å². The monoisotopic (exact) mass is 232 g/mol. The SMILES string of the molecule is CC(Nc1cccc(Cl)c1Cl)C(N)=O. The van der Waals surface area contributed by atoms with Crippen LogP contribution in [0.2, 0.25) is 10.0 Å². The second-order valence-corrected chi connectivity index (χ2v) is 3.65. The summed E-state index contributed by atoms with van der Waals surface area (Å²) in [5.74, 6) is -0.443. The molecule has 1 unspecified atom stereocenters. The lowest BCUT2D eigenvalue weighted by atomic mass is 10.2. The number of hydrogen-bond donors (Lipinski definition) is 2. The van der Waals surface area contributed by atoms with E-state index in [1.165, 1.54) is 0 Å². The lowest BCUT2D eigenvalue weighted by Crippen LogP contribution is -2.32. The van der Waals surface area contributed by atoms with Crippen molar-refractivity contribution >= 4 is 34.8 Å². The highest BCUT2D eigenvalue weighted by Crippen LogP contribution is 2.29. The van der Waals surface area contributed by atoms with E-state index in [4.69, 9.17) is 28.9 Å². The number of amides is 1. The van der Waals surface area contributed by atoms with Crippen molar-refractivity contribution in [2.45, 2.75) is 13.0 Å². The molecule has 0 saturated heterocycles. The van der Waals surface area contributed by atoms with Gasteiger partial charge in [0.1, 0.15) is 6.04 Å². The summed E-state index contributed by atoms with van der Waals surface area (Å²) in [6.45, 7) is 1.65. The van der Waals surface area contributed by atoms with E-state index in [2.05, 4.69) is 5.32 Å². The molecule has 0 radical (unpaired) electrons. The minimum absolute atomic E-state index is 0.391. The Morgan fingerprint density at radius 3 is 2.71 bits per heavy atom. The van der Waals surface area contributed by atoms with Crippen molar-refractivity contribution < 1.29 is 4.79 Å². The zero-order valence-corrected chi connectivity index (χ0v) is 9.06. The number of rotatable bonds is 3. The van der Waals surface area contributed by atoms with Crippen molar-refractivity contribution in [1.82, 2.24) is 0 Å². The van der Waals surface area contributed by atoms with Crippen LogP contribution in [0.15, 0.2) is 18.2 Å². The molecule has 0 fully saturated rings. The molecule has 0 bridgehead atoms. The summed E-state index contributed by atoms with van der Waals surface area (Å²) in [6, 6.07) is 4.66. The standard InChI is InChI=1S/C9H10Cl2N2O/c1-5(9(12)14)13-7-4-2-3-6(10)8(7)11/h2-5,13H,1H3,(H2,12,14). The molecule has 0 aliphatic rings. The van der Waals surface area contributed by atoms with Crippen molar-refractivity contribution in [3.8, 4) is 0 Å². The number of benzene rings is 1. The van der Waals surface area contributed by atoms with Crippen LogP contribution in [0.5, 0.6) is 0 Å². The molecule has 14 heavy (non-hydrogen) atoms. The average molecular weight is 233 g/mol. The van der Waals surface area contributed by atoms with Crippen LogP contribution in [0.4, 0.5) is 5.69 Å². The Bertz CT molecular complexity index is 355. The molecule has 0 spiro atoms. The van der Waals surface area contributed by atoms with Gasteiger partial charge in [0.15, 0.2) is 0 Å². The smallest absolute Gasteiger partial charge is 0.239 e. The van der Waals surface area contributed by atoms with Gasteiger partial charge in [0.25, 0.3) is 0 Å². The molecule has 0 saturated carbocycles. The fraction of sp³-hybridized carbons (Fsp3) is 0.222. The number of anilines is 1. The van der Waals surface area contributed by atoms with Gasteiger partial charge in [-0.05, 0) is 19.1 Å². The first kappa shape index (κ1) is 11.1. The van der Waals surface area contributed by atoms with Crippen LogP contribution in [0, 0.1) is 0 Å². The molecule has 1 rings (SSSR count). The topological polar surface area (TPSA) is 55.1 Å². The average Bonchev–Trinajstić information content (AvgIpc) is 2.12. The van der Waals surface area contributed by atoms with Crippen LogP contribution in [0.3, 0.4) is 0 Å². The van der Waals surface area contributed by atoms with Gasteiger partial charge in [-0.2, -0.15) is 0 Å². The first-order valence-corrected chi connectivity index (χ1v) is 4.78. The van der Waals surface area contributed by atoms with Crippen LogP contribution >= 0.6 is 23.2 Å². The zero-order chi connectivity index (χ0) is 10.7. The number of carbonyl (C=O) groups excluding carboxylic acids is 1. The van der Waals surface area contributed by atoms with Gasteiger partial charge in [-0.1, -0.05) is 29.3 Å². The molecule has 0 aliphatic heterocycles. The Labute approximate surface area is 92.2 Å². The fourth-order valence-electron chi connectivity index (χ4n) is 0.920. The van der Waals surface area contributed by atoms with E-state index in [-0.39, 0.29) is 0 Å². The quantitative estimate of drug-likeness (QED) is 0.841. The predicted molar refractivity (Wildman–Crippen MR) is 58.7 cm³/mol. The third-order valence-electron chi connectivity index (χ3n) is 1.75. The summed E-state index contributed by atoms with van der Waals surface area (Å²) < 4.78 is 0. The molecule has 0 aromatic heterocycles. The third kappa shape index (κ3) is 2.53. The molecule has 3 N–H and O–H groups in total. The van der Waals surface area contributed by atoms with E-state index < -0.39 is 11.9 Å². The molecule has 1 aromatic carbocycles. The maximum Gasteiger partial charge on any atom is 0.239 e. The van der Waals surface area contributed by atoms with Gasteiger partial charge >= 0.3 is 0 Å². The summed E-state index contributed by atoms with van der Waals surface area (Å²) in [5, 5.41) is 3.69. The van der Waals surface area contributed by atoms with Crippen molar-refractivity contribution in [3.63, 3.8) is 0 Å². The minimum atomic E-state index is -0.481. The van der Waals surface area contributed by atoms with Crippen molar-refractivity contribution in [2.24, 2.45) is 5.73 Å². The van der Waals surface area contributed by atoms with E-state index in [1.807, 2.05) is 0 Å². The summed E-state index contributed by atoms with van der Waals surface area (Å²) in [5.41, 5.74) is 5.70. The summed E-state index contributed by atoms with van der Waals surface area (Å²) in [6.07, 6.45) is 0. The van der Waals surface area contributed by atoms with Gasteiger partial charge in [0.05, 0.1) is 15.7 Å². The Balaban J connectivity index is 2.87. The van der Waals surface area contributed by atoms with Gasteiger partial charge in [0.2, 0.25) is 5.91 Å². The van der Waals surface area contributed by atoms with Gasteiger partial charge < -0.3 is 11.1 Å². The molecular weight excluding hydrogens is 223 g/mol. The Kier molecular flexibility index (Phi) is 3.61. The highest BCUT2D eigenvalue weighted by molar-refractivity contribution is 6.43. The van der Waals surface area contributed by atoms with Crippen molar-refractivity contribution in [3.05, 3.63) is 28.2 Å². The highest BCUT2D eigenvalue weighted by Gasteiger charge is 2.11. The van der Waals surface area contributed by atoms with Crippen LogP contribution in [0.1, 0.15) is 6.92 Å². The molecular formula is C9H10Cl2N2O. The van der Waals surface area contributed by atoms with E-state index >= 15 is 0 Å². The number of nitrogens with two attached hydrogens (primary N) is 1. The Morgan fingerprint density at radius 1 is 1.50 bits per heavy atom. The van der Waals surface area contributed by atoms with Gasteiger partial charge in [-0.25, -0.2) is 0 Å². The largest absolute Gasteiger partial charge is 0.373 e. The normalized spacial score (nSPS) is 12.2. The van der Waals surface area contributed by atoms with Gasteiger partial charge in [-0.3, -0.25) is 4.79 Å². The number of hydrogen-bond acceptors (Lipinski definition) is 2. The van der Waals surface area contributed by atoms with E-state index in [1.54, 1.807) is 25.1 Å². The highest BCUT2D eigenvalue weighted by atomic mass is 35.5. The first-order valence-electron chi connectivity index (χ1n) is 4.02. The predicted octanol–water partition coefficient (Wildman–Crippen LogP) is 2.28. The molecule has 3 nitrogen and oxygen atoms in total. The molecule has 0 aliphatic carbocycles. The number of carbonyl (C=O) groups is 1. The molecule has 1 atom stereocenters. The molecule has 76 valence electrons. The third-order valence-corrected chi connectivity index (χ3v) is 2.57. The number of nitrogens with one attached hydrogen (secondary N) is 1. The fourth-order valence-corrected chi connectivity index (χ4v) is 1.27.